The first-order valence-electron chi connectivity index (χ1n) is 10.1. The number of halogens is 1. The van der Waals surface area contributed by atoms with Crippen molar-refractivity contribution in [3.8, 4) is 28.6 Å². The van der Waals surface area contributed by atoms with Gasteiger partial charge in [-0.1, -0.05) is 60.3 Å². The topological polar surface area (TPSA) is 102 Å². The van der Waals surface area contributed by atoms with E-state index in [4.69, 9.17) is 4.74 Å². The molecule has 8 nitrogen and oxygen atoms in total. The lowest BCUT2D eigenvalue weighted by atomic mass is 10.2. The summed E-state index contributed by atoms with van der Waals surface area (Å²) in [4.78, 5) is 12.4. The van der Waals surface area contributed by atoms with Gasteiger partial charge in [0.05, 0.1) is 23.5 Å². The third-order valence-corrected chi connectivity index (χ3v) is 6.22. The molecule has 0 spiro atoms. The zero-order chi connectivity index (χ0) is 23.9. The fraction of sp³-hybridized carbons (Fsp3) is 0.0833. The van der Waals surface area contributed by atoms with Crippen molar-refractivity contribution >= 4 is 39.8 Å². The molecule has 1 amide bonds. The first kappa shape index (κ1) is 23.5. The van der Waals surface area contributed by atoms with Gasteiger partial charge in [-0.05, 0) is 45.8 Å². The Morgan fingerprint density at radius 1 is 1.15 bits per heavy atom. The van der Waals surface area contributed by atoms with Crippen LogP contribution in [-0.2, 0) is 4.79 Å². The van der Waals surface area contributed by atoms with Crippen LogP contribution in [0.1, 0.15) is 5.56 Å². The van der Waals surface area contributed by atoms with Crippen molar-refractivity contribution in [2.75, 3.05) is 12.9 Å². The molecule has 0 fully saturated rings. The standard InChI is InChI=1S/C24H20BrN5O3S/c1-33-20-13-16(12-19(25)22(20)32)14-26-27-21(31)15-34-24-29-28-23(17-8-4-2-5-9-17)30(24)18-10-6-3-7-11-18/h2-14,32H,15H2,1H3,(H,27,31)/b26-14-. The van der Waals surface area contributed by atoms with Crippen molar-refractivity contribution in [3.05, 3.63) is 82.8 Å². The van der Waals surface area contributed by atoms with Gasteiger partial charge < -0.3 is 9.84 Å². The van der Waals surface area contributed by atoms with Gasteiger partial charge in [0.2, 0.25) is 0 Å². The molecule has 0 aliphatic carbocycles. The first-order chi connectivity index (χ1) is 16.6. The highest BCUT2D eigenvalue weighted by Gasteiger charge is 2.17. The molecule has 3 aromatic carbocycles. The van der Waals surface area contributed by atoms with Crippen molar-refractivity contribution in [2.24, 2.45) is 5.10 Å². The third-order valence-electron chi connectivity index (χ3n) is 4.69. The molecule has 4 aromatic rings. The number of ether oxygens (including phenoxy) is 1. The average molecular weight is 538 g/mol. The Labute approximate surface area is 208 Å². The second kappa shape index (κ2) is 11.0. The number of carbonyl (C=O) groups excluding carboxylic acids is 1. The number of amides is 1. The Balaban J connectivity index is 1.47. The Morgan fingerprint density at radius 3 is 2.56 bits per heavy atom. The number of hydrogen-bond acceptors (Lipinski definition) is 7. The van der Waals surface area contributed by atoms with Crippen LogP contribution in [0.25, 0.3) is 17.1 Å². The zero-order valence-corrected chi connectivity index (χ0v) is 20.5. The van der Waals surface area contributed by atoms with Crippen molar-refractivity contribution in [2.45, 2.75) is 5.16 Å². The van der Waals surface area contributed by atoms with E-state index in [9.17, 15) is 9.90 Å². The summed E-state index contributed by atoms with van der Waals surface area (Å²) in [5.41, 5.74) is 4.98. The normalized spacial score (nSPS) is 11.0. The zero-order valence-electron chi connectivity index (χ0n) is 18.1. The predicted octanol–water partition coefficient (Wildman–Crippen LogP) is 4.65. The van der Waals surface area contributed by atoms with E-state index in [0.29, 0.717) is 26.8 Å². The fourth-order valence-corrected chi connectivity index (χ4v) is 4.32. The van der Waals surface area contributed by atoms with E-state index in [1.54, 1.807) is 12.1 Å². The van der Waals surface area contributed by atoms with Gasteiger partial charge in [0.25, 0.3) is 5.91 Å². The SMILES string of the molecule is COc1cc(/C=N\NC(=O)CSc2nnc(-c3ccccc3)n2-c2ccccc2)cc(Br)c1O. The molecule has 0 saturated heterocycles. The molecular weight excluding hydrogens is 518 g/mol. The summed E-state index contributed by atoms with van der Waals surface area (Å²) in [5.74, 6) is 0.791. The Bertz CT molecular complexity index is 1310. The molecule has 0 unspecified atom stereocenters. The van der Waals surface area contributed by atoms with Crippen LogP contribution < -0.4 is 10.2 Å². The molecule has 34 heavy (non-hydrogen) atoms. The summed E-state index contributed by atoms with van der Waals surface area (Å²) in [6.07, 6.45) is 1.47. The number of para-hydroxylation sites is 1. The third kappa shape index (κ3) is 5.46. The number of rotatable bonds is 8. The molecule has 0 atom stereocenters. The molecule has 1 heterocycles. The second-order valence-corrected chi connectivity index (χ2v) is 8.78. The molecule has 0 radical (unpaired) electrons. The van der Waals surface area contributed by atoms with Gasteiger partial charge in [-0.15, -0.1) is 10.2 Å². The van der Waals surface area contributed by atoms with Crippen LogP contribution in [0.5, 0.6) is 11.5 Å². The molecule has 0 bridgehead atoms. The maximum atomic E-state index is 12.4. The molecular formula is C24H20BrN5O3S. The van der Waals surface area contributed by atoms with E-state index in [1.165, 1.54) is 25.1 Å². The lowest BCUT2D eigenvalue weighted by Gasteiger charge is -2.10. The van der Waals surface area contributed by atoms with Crippen molar-refractivity contribution in [3.63, 3.8) is 0 Å². The smallest absolute Gasteiger partial charge is 0.250 e. The Kier molecular flexibility index (Phi) is 7.61. The number of nitrogens with one attached hydrogen (secondary N) is 1. The molecule has 0 saturated carbocycles. The summed E-state index contributed by atoms with van der Waals surface area (Å²) in [7, 11) is 1.46. The number of thioether (sulfide) groups is 1. The highest BCUT2D eigenvalue weighted by atomic mass is 79.9. The number of methoxy groups -OCH3 is 1. The van der Waals surface area contributed by atoms with Crippen LogP contribution in [-0.4, -0.2) is 44.9 Å². The minimum absolute atomic E-state index is 0.00233. The van der Waals surface area contributed by atoms with Gasteiger partial charge in [-0.3, -0.25) is 9.36 Å². The van der Waals surface area contributed by atoms with Gasteiger partial charge in [-0.25, -0.2) is 5.43 Å². The van der Waals surface area contributed by atoms with E-state index in [2.05, 4.69) is 36.7 Å². The van der Waals surface area contributed by atoms with E-state index in [0.717, 1.165) is 11.3 Å². The number of aromatic nitrogens is 3. The van der Waals surface area contributed by atoms with Gasteiger partial charge in [-0.2, -0.15) is 5.10 Å². The highest BCUT2D eigenvalue weighted by molar-refractivity contribution is 9.10. The molecule has 4 rings (SSSR count). The summed E-state index contributed by atoms with van der Waals surface area (Å²) in [6, 6.07) is 22.8. The van der Waals surface area contributed by atoms with Crippen LogP contribution >= 0.6 is 27.7 Å². The summed E-state index contributed by atoms with van der Waals surface area (Å²) in [6.45, 7) is 0. The minimum atomic E-state index is -0.296. The first-order valence-corrected chi connectivity index (χ1v) is 11.9. The van der Waals surface area contributed by atoms with E-state index in [-0.39, 0.29) is 17.4 Å². The molecule has 0 aliphatic heterocycles. The monoisotopic (exact) mass is 537 g/mol. The van der Waals surface area contributed by atoms with Gasteiger partial charge in [0.15, 0.2) is 22.5 Å². The van der Waals surface area contributed by atoms with Crippen molar-refractivity contribution < 1.29 is 14.6 Å². The van der Waals surface area contributed by atoms with Crippen LogP contribution in [0, 0.1) is 0 Å². The maximum absolute atomic E-state index is 12.4. The number of carbonyl (C=O) groups is 1. The Morgan fingerprint density at radius 2 is 1.85 bits per heavy atom. The van der Waals surface area contributed by atoms with Crippen molar-refractivity contribution in [1.29, 1.82) is 0 Å². The van der Waals surface area contributed by atoms with E-state index >= 15 is 0 Å². The Hall–Kier alpha value is -3.63. The maximum Gasteiger partial charge on any atom is 0.250 e. The van der Waals surface area contributed by atoms with Crippen LogP contribution in [0.3, 0.4) is 0 Å². The summed E-state index contributed by atoms with van der Waals surface area (Å²) in [5, 5.41) is 23.2. The fourth-order valence-electron chi connectivity index (χ4n) is 3.11. The van der Waals surface area contributed by atoms with E-state index in [1.807, 2.05) is 65.2 Å². The van der Waals surface area contributed by atoms with E-state index < -0.39 is 0 Å². The molecule has 10 heteroatoms. The van der Waals surface area contributed by atoms with Gasteiger partial charge >= 0.3 is 0 Å². The van der Waals surface area contributed by atoms with Crippen LogP contribution in [0.4, 0.5) is 0 Å². The lowest BCUT2D eigenvalue weighted by molar-refractivity contribution is -0.118. The van der Waals surface area contributed by atoms with Gasteiger partial charge in [0.1, 0.15) is 0 Å². The van der Waals surface area contributed by atoms with Crippen molar-refractivity contribution in [1.82, 2.24) is 20.2 Å². The number of phenolic OH excluding ortho intramolecular Hbond substituents is 1. The largest absolute Gasteiger partial charge is 0.503 e. The number of hydrazone groups is 1. The van der Waals surface area contributed by atoms with Crippen LogP contribution in [0.2, 0.25) is 0 Å². The number of nitrogens with zero attached hydrogens (tertiary/aromatic N) is 4. The second-order valence-electron chi connectivity index (χ2n) is 6.98. The molecule has 1 aromatic heterocycles. The summed E-state index contributed by atoms with van der Waals surface area (Å²) >= 11 is 4.52. The molecule has 2 N–H and O–H groups in total. The average Bonchev–Trinajstić information content (AvgIpc) is 3.30. The lowest BCUT2D eigenvalue weighted by Crippen LogP contribution is -2.20. The van der Waals surface area contributed by atoms with Crippen LogP contribution in [0.15, 0.2) is 87.5 Å². The number of aromatic hydroxyl groups is 1. The number of hydrogen-bond donors (Lipinski definition) is 2. The van der Waals surface area contributed by atoms with Gasteiger partial charge in [0, 0.05) is 11.3 Å². The summed E-state index contributed by atoms with van der Waals surface area (Å²) < 4.78 is 7.51. The minimum Gasteiger partial charge on any atom is -0.503 e. The number of phenols is 1. The predicted molar refractivity (Wildman–Crippen MR) is 136 cm³/mol. The number of benzene rings is 3. The quantitative estimate of drug-likeness (QED) is 0.192. The highest BCUT2D eigenvalue weighted by Crippen LogP contribution is 2.34. The molecule has 172 valence electrons. The molecule has 0 aliphatic rings.